The van der Waals surface area contributed by atoms with E-state index in [1.807, 2.05) is 26.8 Å². The summed E-state index contributed by atoms with van der Waals surface area (Å²) in [6.07, 6.45) is -0.298. The maximum absolute atomic E-state index is 12.4. The van der Waals surface area contributed by atoms with Gasteiger partial charge in [0.1, 0.15) is 5.75 Å². The van der Waals surface area contributed by atoms with Crippen molar-refractivity contribution in [3.05, 3.63) is 66.2 Å². The van der Waals surface area contributed by atoms with Crippen LogP contribution >= 0.6 is 0 Å². The third-order valence-electron chi connectivity index (χ3n) is 5.26. The van der Waals surface area contributed by atoms with Crippen molar-refractivity contribution < 1.29 is 9.53 Å². The molecule has 3 heteroatoms. The van der Waals surface area contributed by atoms with Crippen LogP contribution in [-0.4, -0.2) is 24.1 Å². The Balaban J connectivity index is 1.89. The third kappa shape index (κ3) is 2.99. The summed E-state index contributed by atoms with van der Waals surface area (Å²) in [4.78, 5) is 14.1. The van der Waals surface area contributed by atoms with E-state index < -0.39 is 0 Å². The lowest BCUT2D eigenvalue weighted by molar-refractivity contribution is 0.157. The van der Waals surface area contributed by atoms with Gasteiger partial charge in [0.25, 0.3) is 0 Å². The molecule has 1 amide bonds. The number of hydrogen-bond donors (Lipinski definition) is 0. The van der Waals surface area contributed by atoms with Crippen LogP contribution in [0.15, 0.2) is 60.7 Å². The molecule has 4 rings (SSSR count). The van der Waals surface area contributed by atoms with Gasteiger partial charge in [0.2, 0.25) is 0 Å². The molecular weight excluding hydrogens is 334 g/mol. The molecule has 0 aromatic heterocycles. The number of rotatable bonds is 3. The monoisotopic (exact) mass is 357 g/mol. The molecule has 0 saturated heterocycles. The molecule has 0 aliphatic heterocycles. The molecule has 0 unspecified atom stereocenters. The first-order valence-electron chi connectivity index (χ1n) is 9.44. The summed E-state index contributed by atoms with van der Waals surface area (Å²) in [5.74, 6) is 0.625. The lowest BCUT2D eigenvalue weighted by atomic mass is 9.96. The van der Waals surface area contributed by atoms with Crippen molar-refractivity contribution in [2.75, 3.05) is 13.1 Å². The van der Waals surface area contributed by atoms with Crippen LogP contribution in [0.2, 0.25) is 0 Å². The molecule has 27 heavy (non-hydrogen) atoms. The fourth-order valence-electron chi connectivity index (χ4n) is 3.72. The van der Waals surface area contributed by atoms with E-state index in [1.54, 1.807) is 4.90 Å². The molecule has 0 atom stereocenters. The standard InChI is InChI=1S/C24H23NO2/c1-4-25(5-2)24(26)27-23-15-22-18(14-16(23)3)11-13-20-19-9-7-6-8-17(19)10-12-21(20)22/h6-15H,4-5H2,1-3H3. The molecule has 0 saturated carbocycles. The molecule has 3 nitrogen and oxygen atoms in total. The summed E-state index contributed by atoms with van der Waals surface area (Å²) < 4.78 is 5.72. The van der Waals surface area contributed by atoms with Crippen LogP contribution in [0, 0.1) is 6.92 Å². The molecule has 136 valence electrons. The van der Waals surface area contributed by atoms with Crippen molar-refractivity contribution in [2.45, 2.75) is 20.8 Å². The number of ether oxygens (including phenoxy) is 1. The zero-order chi connectivity index (χ0) is 19.0. The average Bonchev–Trinajstić information content (AvgIpc) is 2.69. The first kappa shape index (κ1) is 17.3. The van der Waals surface area contributed by atoms with Gasteiger partial charge in [-0.25, -0.2) is 4.79 Å². The Morgan fingerprint density at radius 1 is 0.815 bits per heavy atom. The second-order valence-corrected chi connectivity index (χ2v) is 6.83. The highest BCUT2D eigenvalue weighted by molar-refractivity contribution is 6.17. The van der Waals surface area contributed by atoms with Gasteiger partial charge in [0.15, 0.2) is 0 Å². The van der Waals surface area contributed by atoms with E-state index in [9.17, 15) is 4.79 Å². The van der Waals surface area contributed by atoms with Gasteiger partial charge in [-0.15, -0.1) is 0 Å². The van der Waals surface area contributed by atoms with E-state index in [2.05, 4.69) is 54.6 Å². The number of nitrogens with zero attached hydrogens (tertiary/aromatic N) is 1. The highest BCUT2D eigenvalue weighted by Crippen LogP contribution is 2.34. The summed E-state index contributed by atoms with van der Waals surface area (Å²) >= 11 is 0. The van der Waals surface area contributed by atoms with E-state index in [0.717, 1.165) is 16.3 Å². The van der Waals surface area contributed by atoms with Crippen LogP contribution in [0.1, 0.15) is 19.4 Å². The number of fused-ring (bicyclic) bond motifs is 5. The lowest BCUT2D eigenvalue weighted by Crippen LogP contribution is -2.33. The number of benzene rings is 4. The Hall–Kier alpha value is -3.07. The van der Waals surface area contributed by atoms with E-state index in [1.165, 1.54) is 21.5 Å². The van der Waals surface area contributed by atoms with Crippen LogP contribution in [-0.2, 0) is 0 Å². The van der Waals surface area contributed by atoms with Gasteiger partial charge in [0.05, 0.1) is 0 Å². The van der Waals surface area contributed by atoms with Crippen molar-refractivity contribution in [3.63, 3.8) is 0 Å². The van der Waals surface area contributed by atoms with Gasteiger partial charge in [-0.2, -0.15) is 0 Å². The van der Waals surface area contributed by atoms with Crippen LogP contribution in [0.5, 0.6) is 5.75 Å². The normalized spacial score (nSPS) is 11.2. The number of aryl methyl sites for hydroxylation is 1. The van der Waals surface area contributed by atoms with Gasteiger partial charge in [-0.05, 0) is 70.8 Å². The van der Waals surface area contributed by atoms with Crippen molar-refractivity contribution in [2.24, 2.45) is 0 Å². The van der Waals surface area contributed by atoms with E-state index in [-0.39, 0.29) is 6.09 Å². The van der Waals surface area contributed by atoms with Gasteiger partial charge in [-0.3, -0.25) is 0 Å². The molecule has 0 spiro atoms. The van der Waals surface area contributed by atoms with E-state index in [4.69, 9.17) is 4.74 Å². The second-order valence-electron chi connectivity index (χ2n) is 6.83. The third-order valence-corrected chi connectivity index (χ3v) is 5.26. The lowest BCUT2D eigenvalue weighted by Gasteiger charge is -2.19. The summed E-state index contributed by atoms with van der Waals surface area (Å²) in [5.41, 5.74) is 0.961. The Morgan fingerprint density at radius 2 is 1.48 bits per heavy atom. The molecule has 0 heterocycles. The maximum atomic E-state index is 12.4. The minimum Gasteiger partial charge on any atom is -0.410 e. The summed E-state index contributed by atoms with van der Waals surface area (Å²) in [6.45, 7) is 7.16. The molecule has 0 aliphatic rings. The first-order chi connectivity index (χ1) is 13.1. The van der Waals surface area contributed by atoms with Gasteiger partial charge in [0, 0.05) is 13.1 Å². The maximum Gasteiger partial charge on any atom is 0.415 e. The zero-order valence-electron chi connectivity index (χ0n) is 16.0. The van der Waals surface area contributed by atoms with E-state index >= 15 is 0 Å². The highest BCUT2D eigenvalue weighted by atomic mass is 16.6. The van der Waals surface area contributed by atoms with Crippen LogP contribution in [0.3, 0.4) is 0 Å². The Morgan fingerprint density at radius 3 is 2.22 bits per heavy atom. The molecule has 0 bridgehead atoms. The second kappa shape index (κ2) is 6.92. The highest BCUT2D eigenvalue weighted by Gasteiger charge is 2.15. The number of hydrogen-bond acceptors (Lipinski definition) is 2. The van der Waals surface area contributed by atoms with Crippen molar-refractivity contribution in [3.8, 4) is 5.75 Å². The SMILES string of the molecule is CCN(CC)C(=O)Oc1cc2c(ccc3c4ccccc4ccc23)cc1C. The minimum absolute atomic E-state index is 0.298. The number of amides is 1. The minimum atomic E-state index is -0.298. The predicted molar refractivity (Wildman–Crippen MR) is 113 cm³/mol. The predicted octanol–water partition coefficient (Wildman–Crippen LogP) is 6.30. The molecule has 0 N–H and O–H groups in total. The number of carbonyl (C=O) groups is 1. The van der Waals surface area contributed by atoms with E-state index in [0.29, 0.717) is 18.8 Å². The van der Waals surface area contributed by atoms with Crippen LogP contribution < -0.4 is 4.74 Å². The Bertz CT molecular complexity index is 1160. The Kier molecular flexibility index (Phi) is 4.44. The largest absolute Gasteiger partial charge is 0.415 e. The van der Waals surface area contributed by atoms with Crippen molar-refractivity contribution in [1.29, 1.82) is 0 Å². The first-order valence-corrected chi connectivity index (χ1v) is 9.44. The van der Waals surface area contributed by atoms with Gasteiger partial charge in [-0.1, -0.05) is 48.5 Å². The molecule has 0 aliphatic carbocycles. The summed E-state index contributed by atoms with van der Waals surface area (Å²) in [6, 6.07) is 21.1. The zero-order valence-corrected chi connectivity index (χ0v) is 16.0. The topological polar surface area (TPSA) is 29.5 Å². The molecule has 4 aromatic rings. The molecule has 4 aromatic carbocycles. The average molecular weight is 357 g/mol. The summed E-state index contributed by atoms with van der Waals surface area (Å²) in [7, 11) is 0. The fourth-order valence-corrected chi connectivity index (χ4v) is 3.72. The molecular formula is C24H23NO2. The quantitative estimate of drug-likeness (QED) is 0.403. The van der Waals surface area contributed by atoms with Crippen molar-refractivity contribution in [1.82, 2.24) is 4.90 Å². The molecule has 0 radical (unpaired) electrons. The smallest absolute Gasteiger partial charge is 0.410 e. The number of carbonyl (C=O) groups excluding carboxylic acids is 1. The fraction of sp³-hybridized carbons (Fsp3) is 0.208. The molecule has 0 fully saturated rings. The summed E-state index contributed by atoms with van der Waals surface area (Å²) in [5, 5.41) is 7.10. The van der Waals surface area contributed by atoms with Crippen LogP contribution in [0.4, 0.5) is 4.79 Å². The Labute approximate surface area is 159 Å². The van der Waals surface area contributed by atoms with Gasteiger partial charge < -0.3 is 9.64 Å². The van der Waals surface area contributed by atoms with Gasteiger partial charge >= 0.3 is 6.09 Å². The van der Waals surface area contributed by atoms with Crippen molar-refractivity contribution >= 4 is 38.4 Å². The van der Waals surface area contributed by atoms with Crippen LogP contribution in [0.25, 0.3) is 32.3 Å².